The summed E-state index contributed by atoms with van der Waals surface area (Å²) in [4.78, 5) is 3.22. The van der Waals surface area contributed by atoms with Gasteiger partial charge >= 0.3 is 0 Å². The summed E-state index contributed by atoms with van der Waals surface area (Å²) in [5.74, 6) is 2.00. The maximum atomic E-state index is 3.22. The van der Waals surface area contributed by atoms with E-state index in [-0.39, 0.29) is 0 Å². The van der Waals surface area contributed by atoms with Crippen molar-refractivity contribution in [2.75, 3.05) is 0 Å². The van der Waals surface area contributed by atoms with Gasteiger partial charge in [-0.1, -0.05) is 34.6 Å². The second-order valence-corrected chi connectivity index (χ2v) is 4.55. The molecule has 0 aliphatic heterocycles. The van der Waals surface area contributed by atoms with Gasteiger partial charge in [0.2, 0.25) is 0 Å². The molecule has 1 unspecified atom stereocenters. The van der Waals surface area contributed by atoms with Crippen molar-refractivity contribution in [3.05, 3.63) is 23.5 Å². The number of rotatable bonds is 3. The predicted octanol–water partition coefficient (Wildman–Crippen LogP) is 3.90. The van der Waals surface area contributed by atoms with Crippen molar-refractivity contribution in [3.63, 3.8) is 0 Å². The van der Waals surface area contributed by atoms with Gasteiger partial charge in [-0.25, -0.2) is 0 Å². The van der Waals surface area contributed by atoms with Crippen LogP contribution in [0.3, 0.4) is 0 Å². The lowest BCUT2D eigenvalue weighted by molar-refractivity contribution is 0.530. The van der Waals surface area contributed by atoms with Crippen molar-refractivity contribution in [2.24, 2.45) is 5.92 Å². The third kappa shape index (κ3) is 2.15. The summed E-state index contributed by atoms with van der Waals surface area (Å²) < 4.78 is 0. The van der Waals surface area contributed by atoms with E-state index in [4.69, 9.17) is 0 Å². The molecular formula is C12H21N. The van der Waals surface area contributed by atoms with E-state index in [0.29, 0.717) is 17.8 Å². The Labute approximate surface area is 81.6 Å². The minimum Gasteiger partial charge on any atom is -0.367 e. The Bertz CT molecular complexity index is 258. The molecule has 0 aliphatic rings. The molecule has 13 heavy (non-hydrogen) atoms. The Hall–Kier alpha value is -0.720. The zero-order valence-electron chi connectivity index (χ0n) is 9.39. The van der Waals surface area contributed by atoms with E-state index in [0.717, 1.165) is 0 Å². The highest BCUT2D eigenvalue weighted by Gasteiger charge is 2.16. The normalized spacial score (nSPS) is 14.1. The smallest absolute Gasteiger partial charge is 0.00431 e. The first kappa shape index (κ1) is 10.4. The third-order valence-electron chi connectivity index (χ3n) is 2.92. The van der Waals surface area contributed by atoms with Gasteiger partial charge < -0.3 is 4.98 Å². The van der Waals surface area contributed by atoms with Crippen LogP contribution in [0.25, 0.3) is 0 Å². The Morgan fingerprint density at radius 3 is 1.92 bits per heavy atom. The molecule has 1 aromatic rings. The summed E-state index contributed by atoms with van der Waals surface area (Å²) in [6, 6.07) is 0. The third-order valence-corrected chi connectivity index (χ3v) is 2.92. The van der Waals surface area contributed by atoms with E-state index in [9.17, 15) is 0 Å². The fourth-order valence-electron chi connectivity index (χ4n) is 1.64. The Morgan fingerprint density at radius 1 is 0.923 bits per heavy atom. The van der Waals surface area contributed by atoms with E-state index in [1.54, 1.807) is 0 Å². The second-order valence-electron chi connectivity index (χ2n) is 4.55. The van der Waals surface area contributed by atoms with E-state index in [1.165, 1.54) is 11.1 Å². The average Bonchev–Trinajstić information content (AvgIpc) is 2.50. The van der Waals surface area contributed by atoms with Gasteiger partial charge in [0.05, 0.1) is 0 Å². The fourth-order valence-corrected chi connectivity index (χ4v) is 1.64. The predicted molar refractivity (Wildman–Crippen MR) is 58.1 cm³/mol. The van der Waals surface area contributed by atoms with Gasteiger partial charge in [0.1, 0.15) is 0 Å². The van der Waals surface area contributed by atoms with E-state index >= 15 is 0 Å². The molecule has 1 heterocycles. The van der Waals surface area contributed by atoms with Crippen LogP contribution in [0.2, 0.25) is 0 Å². The second kappa shape index (κ2) is 3.99. The minimum atomic E-state index is 0.627. The van der Waals surface area contributed by atoms with Crippen LogP contribution in [-0.4, -0.2) is 4.98 Å². The van der Waals surface area contributed by atoms with Gasteiger partial charge in [0, 0.05) is 12.4 Å². The first-order valence-corrected chi connectivity index (χ1v) is 5.20. The molecule has 1 rings (SSSR count). The number of hydrogen-bond acceptors (Lipinski definition) is 0. The molecule has 1 aromatic heterocycles. The minimum absolute atomic E-state index is 0.627. The number of hydrogen-bond donors (Lipinski definition) is 1. The summed E-state index contributed by atoms with van der Waals surface area (Å²) >= 11 is 0. The molecule has 0 spiro atoms. The number of aromatic amines is 1. The molecular weight excluding hydrogens is 158 g/mol. The number of nitrogens with one attached hydrogen (secondary N) is 1. The molecule has 0 saturated heterocycles. The Balaban J connectivity index is 2.93. The summed E-state index contributed by atoms with van der Waals surface area (Å²) in [6.45, 7) is 11.4. The van der Waals surface area contributed by atoms with Crippen LogP contribution in [0.15, 0.2) is 12.4 Å². The van der Waals surface area contributed by atoms with Crippen molar-refractivity contribution >= 4 is 0 Å². The molecule has 1 heteroatoms. The first-order chi connectivity index (χ1) is 6.04. The quantitative estimate of drug-likeness (QED) is 0.724. The highest BCUT2D eigenvalue weighted by molar-refractivity contribution is 5.29. The monoisotopic (exact) mass is 179 g/mol. The fraction of sp³-hybridized carbons (Fsp3) is 0.667. The molecule has 0 radical (unpaired) electrons. The summed E-state index contributed by atoms with van der Waals surface area (Å²) in [6.07, 6.45) is 4.29. The largest absolute Gasteiger partial charge is 0.367 e. The van der Waals surface area contributed by atoms with Crippen molar-refractivity contribution in [1.29, 1.82) is 0 Å². The lowest BCUT2D eigenvalue weighted by atomic mass is 9.87. The molecule has 0 aromatic carbocycles. The van der Waals surface area contributed by atoms with Crippen molar-refractivity contribution in [2.45, 2.75) is 46.5 Å². The van der Waals surface area contributed by atoms with E-state index in [2.05, 4.69) is 52.0 Å². The molecule has 0 amide bonds. The van der Waals surface area contributed by atoms with Gasteiger partial charge in [0.25, 0.3) is 0 Å². The van der Waals surface area contributed by atoms with Crippen LogP contribution in [0.4, 0.5) is 0 Å². The summed E-state index contributed by atoms with van der Waals surface area (Å²) in [5.41, 5.74) is 2.96. The standard InChI is InChI=1S/C12H21N/c1-8(2)10(5)12-7-13-6-11(12)9(3)4/h6-10,13H,1-5H3. The van der Waals surface area contributed by atoms with Crippen LogP contribution in [0.5, 0.6) is 0 Å². The van der Waals surface area contributed by atoms with Crippen molar-refractivity contribution in [1.82, 2.24) is 4.98 Å². The molecule has 0 bridgehead atoms. The molecule has 1 nitrogen and oxygen atoms in total. The Kier molecular flexibility index (Phi) is 3.18. The van der Waals surface area contributed by atoms with Crippen LogP contribution in [0, 0.1) is 5.92 Å². The highest BCUT2D eigenvalue weighted by Crippen LogP contribution is 2.30. The van der Waals surface area contributed by atoms with Gasteiger partial charge in [-0.3, -0.25) is 0 Å². The lowest BCUT2D eigenvalue weighted by Gasteiger charge is -2.17. The first-order valence-electron chi connectivity index (χ1n) is 5.20. The molecule has 0 aliphatic carbocycles. The average molecular weight is 179 g/mol. The maximum Gasteiger partial charge on any atom is 0.00431 e. The zero-order chi connectivity index (χ0) is 10.0. The molecule has 1 atom stereocenters. The van der Waals surface area contributed by atoms with Gasteiger partial charge in [-0.2, -0.15) is 0 Å². The number of H-pyrrole nitrogens is 1. The van der Waals surface area contributed by atoms with E-state index in [1.807, 2.05) is 0 Å². The van der Waals surface area contributed by atoms with Gasteiger partial charge in [0.15, 0.2) is 0 Å². The topological polar surface area (TPSA) is 15.8 Å². The number of aromatic nitrogens is 1. The van der Waals surface area contributed by atoms with Gasteiger partial charge in [-0.05, 0) is 28.9 Å². The van der Waals surface area contributed by atoms with Gasteiger partial charge in [-0.15, -0.1) is 0 Å². The summed E-state index contributed by atoms with van der Waals surface area (Å²) in [7, 11) is 0. The Morgan fingerprint density at radius 2 is 1.46 bits per heavy atom. The molecule has 1 N–H and O–H groups in total. The van der Waals surface area contributed by atoms with E-state index < -0.39 is 0 Å². The molecule has 0 saturated carbocycles. The molecule has 74 valence electrons. The SMILES string of the molecule is CC(C)c1c[nH]cc1C(C)C(C)C. The molecule has 0 fully saturated rings. The van der Waals surface area contributed by atoms with Crippen molar-refractivity contribution in [3.8, 4) is 0 Å². The summed E-state index contributed by atoms with van der Waals surface area (Å²) in [5, 5.41) is 0. The van der Waals surface area contributed by atoms with Crippen LogP contribution >= 0.6 is 0 Å². The van der Waals surface area contributed by atoms with Crippen molar-refractivity contribution < 1.29 is 0 Å². The van der Waals surface area contributed by atoms with Crippen LogP contribution < -0.4 is 0 Å². The van der Waals surface area contributed by atoms with Crippen LogP contribution in [0.1, 0.15) is 57.6 Å². The zero-order valence-corrected chi connectivity index (χ0v) is 9.39. The lowest BCUT2D eigenvalue weighted by Crippen LogP contribution is -2.04. The highest BCUT2D eigenvalue weighted by atomic mass is 14.6. The maximum absolute atomic E-state index is 3.22. The van der Waals surface area contributed by atoms with Crippen LogP contribution in [-0.2, 0) is 0 Å².